The number of nitrogens with zero attached hydrogens (tertiary/aromatic N) is 2. The number of hydrogen-bond acceptors (Lipinski definition) is 5. The molecule has 0 aromatic carbocycles. The summed E-state index contributed by atoms with van der Waals surface area (Å²) in [6.45, 7) is 4.05. The predicted molar refractivity (Wildman–Crippen MR) is 68.8 cm³/mol. The van der Waals surface area contributed by atoms with Gasteiger partial charge in [-0.15, -0.1) is 0 Å². The van der Waals surface area contributed by atoms with Crippen molar-refractivity contribution in [2.45, 2.75) is 58.0 Å². The molecule has 0 spiro atoms. The molecule has 19 heavy (non-hydrogen) atoms. The van der Waals surface area contributed by atoms with Crippen LogP contribution in [0.4, 0.5) is 0 Å². The van der Waals surface area contributed by atoms with E-state index >= 15 is 0 Å². The van der Waals surface area contributed by atoms with Gasteiger partial charge in [0.25, 0.3) is 0 Å². The number of carboxylic acids is 1. The van der Waals surface area contributed by atoms with Gasteiger partial charge in [-0.25, -0.2) is 0 Å². The normalized spacial score (nSPS) is 11.7. The lowest BCUT2D eigenvalue weighted by Crippen LogP contribution is -2.28. The second-order valence-corrected chi connectivity index (χ2v) is 4.52. The lowest BCUT2D eigenvalue weighted by atomic mass is 9.96. The quantitative estimate of drug-likeness (QED) is 0.694. The zero-order valence-electron chi connectivity index (χ0n) is 11.8. The summed E-state index contributed by atoms with van der Waals surface area (Å²) in [7, 11) is 1.65. The Labute approximate surface area is 113 Å². The minimum atomic E-state index is -0.776. The van der Waals surface area contributed by atoms with E-state index in [1.807, 2.05) is 13.8 Å². The summed E-state index contributed by atoms with van der Waals surface area (Å²) in [5.74, 6) is 0.346. The van der Waals surface area contributed by atoms with Crippen molar-refractivity contribution in [1.29, 1.82) is 0 Å². The topological polar surface area (TPSA) is 85.5 Å². The zero-order valence-corrected chi connectivity index (χ0v) is 11.8. The fourth-order valence-corrected chi connectivity index (χ4v) is 2.04. The van der Waals surface area contributed by atoms with Crippen LogP contribution in [-0.4, -0.2) is 28.3 Å². The van der Waals surface area contributed by atoms with Gasteiger partial charge in [-0.3, -0.25) is 4.79 Å². The number of hydrogen-bond donors (Lipinski definition) is 1. The summed E-state index contributed by atoms with van der Waals surface area (Å²) in [6.07, 6.45) is 3.67. The van der Waals surface area contributed by atoms with E-state index in [9.17, 15) is 4.79 Å². The Morgan fingerprint density at radius 3 is 2.58 bits per heavy atom. The van der Waals surface area contributed by atoms with Gasteiger partial charge in [0, 0.05) is 20.0 Å². The number of unbranched alkanes of at least 4 members (excludes halogenated alkanes) is 1. The van der Waals surface area contributed by atoms with Crippen LogP contribution in [0.15, 0.2) is 4.52 Å². The molecule has 0 saturated heterocycles. The molecule has 108 valence electrons. The molecule has 0 amide bonds. The van der Waals surface area contributed by atoms with E-state index in [1.165, 1.54) is 0 Å². The molecule has 6 heteroatoms. The minimum Gasteiger partial charge on any atom is -0.481 e. The fourth-order valence-electron chi connectivity index (χ4n) is 2.04. The Bertz CT molecular complexity index is 391. The first-order valence-electron chi connectivity index (χ1n) is 6.68. The van der Waals surface area contributed by atoms with Gasteiger partial charge >= 0.3 is 5.97 Å². The van der Waals surface area contributed by atoms with Gasteiger partial charge < -0.3 is 14.4 Å². The number of aliphatic carboxylic acids is 1. The molecule has 1 rings (SSSR count). The summed E-state index contributed by atoms with van der Waals surface area (Å²) in [4.78, 5) is 14.8. The van der Waals surface area contributed by atoms with Crippen molar-refractivity contribution in [3.63, 3.8) is 0 Å². The van der Waals surface area contributed by atoms with Crippen LogP contribution in [0.5, 0.6) is 0 Å². The third-order valence-electron chi connectivity index (χ3n) is 3.44. The Balaban J connectivity index is 2.58. The van der Waals surface area contributed by atoms with Gasteiger partial charge in [-0.05, 0) is 25.7 Å². The molecule has 1 aromatic rings. The van der Waals surface area contributed by atoms with Crippen molar-refractivity contribution in [3.8, 4) is 0 Å². The molecule has 0 aliphatic rings. The average molecular weight is 270 g/mol. The molecule has 0 unspecified atom stereocenters. The highest BCUT2D eigenvalue weighted by atomic mass is 16.5. The number of ether oxygens (including phenoxy) is 1. The van der Waals surface area contributed by atoms with Crippen molar-refractivity contribution in [3.05, 3.63) is 11.7 Å². The third-order valence-corrected chi connectivity index (χ3v) is 3.44. The van der Waals surface area contributed by atoms with Crippen LogP contribution in [0.3, 0.4) is 0 Å². The Morgan fingerprint density at radius 2 is 2.05 bits per heavy atom. The number of carboxylic acid groups (broad SMARTS) is 1. The molecule has 0 atom stereocenters. The molecule has 0 aliphatic carbocycles. The molecular weight excluding hydrogens is 248 g/mol. The van der Waals surface area contributed by atoms with Crippen LogP contribution < -0.4 is 0 Å². The largest absolute Gasteiger partial charge is 0.481 e. The van der Waals surface area contributed by atoms with Crippen molar-refractivity contribution in [1.82, 2.24) is 10.1 Å². The van der Waals surface area contributed by atoms with Crippen LogP contribution in [0.1, 0.15) is 57.7 Å². The van der Waals surface area contributed by atoms with Gasteiger partial charge in [0.05, 0.1) is 0 Å². The Morgan fingerprint density at radius 1 is 1.37 bits per heavy atom. The van der Waals surface area contributed by atoms with Crippen molar-refractivity contribution < 1.29 is 19.2 Å². The molecule has 1 heterocycles. The number of methoxy groups -OCH3 is 1. The maximum absolute atomic E-state index is 10.4. The molecule has 0 radical (unpaired) electrons. The molecule has 0 bridgehead atoms. The van der Waals surface area contributed by atoms with Crippen LogP contribution >= 0.6 is 0 Å². The summed E-state index contributed by atoms with van der Waals surface area (Å²) < 4.78 is 10.7. The fraction of sp³-hybridized carbons (Fsp3) is 0.769. The zero-order chi connectivity index (χ0) is 14.3. The van der Waals surface area contributed by atoms with Gasteiger partial charge in [0.15, 0.2) is 0 Å². The van der Waals surface area contributed by atoms with E-state index in [1.54, 1.807) is 7.11 Å². The van der Waals surface area contributed by atoms with E-state index in [-0.39, 0.29) is 6.42 Å². The number of rotatable bonds is 9. The molecule has 1 aromatic heterocycles. The van der Waals surface area contributed by atoms with Crippen LogP contribution in [0.25, 0.3) is 0 Å². The molecule has 1 N–H and O–H groups in total. The minimum absolute atomic E-state index is 0.174. The molecule has 0 saturated carbocycles. The monoisotopic (exact) mass is 270 g/mol. The van der Waals surface area contributed by atoms with E-state index in [4.69, 9.17) is 14.4 Å². The van der Waals surface area contributed by atoms with Gasteiger partial charge in [0.1, 0.15) is 5.60 Å². The average Bonchev–Trinajstić information content (AvgIpc) is 2.87. The van der Waals surface area contributed by atoms with E-state index in [2.05, 4.69) is 10.1 Å². The molecule has 6 nitrogen and oxygen atoms in total. The molecule has 0 aliphatic heterocycles. The van der Waals surface area contributed by atoms with Gasteiger partial charge in [-0.2, -0.15) is 4.98 Å². The predicted octanol–water partition coefficient (Wildman–Crippen LogP) is 2.53. The van der Waals surface area contributed by atoms with Crippen molar-refractivity contribution in [2.75, 3.05) is 7.11 Å². The first-order chi connectivity index (χ1) is 9.07. The smallest absolute Gasteiger partial charge is 0.303 e. The van der Waals surface area contributed by atoms with Gasteiger partial charge in [-0.1, -0.05) is 19.0 Å². The summed E-state index contributed by atoms with van der Waals surface area (Å²) in [6, 6.07) is 0. The van der Waals surface area contributed by atoms with Crippen LogP contribution in [0.2, 0.25) is 0 Å². The third kappa shape index (κ3) is 4.02. The van der Waals surface area contributed by atoms with Gasteiger partial charge in [0.2, 0.25) is 11.7 Å². The summed E-state index contributed by atoms with van der Waals surface area (Å²) in [5, 5.41) is 12.5. The highest BCUT2D eigenvalue weighted by Gasteiger charge is 2.33. The molecular formula is C13H22N2O4. The summed E-state index contributed by atoms with van der Waals surface area (Å²) in [5.41, 5.74) is -0.483. The number of carbonyl (C=O) groups is 1. The first-order valence-corrected chi connectivity index (χ1v) is 6.68. The van der Waals surface area contributed by atoms with E-state index in [0.717, 1.165) is 19.3 Å². The summed E-state index contributed by atoms with van der Waals surface area (Å²) >= 11 is 0. The lowest BCUT2D eigenvalue weighted by molar-refractivity contribution is -0.137. The second-order valence-electron chi connectivity index (χ2n) is 4.52. The Hall–Kier alpha value is -1.43. The maximum Gasteiger partial charge on any atom is 0.303 e. The van der Waals surface area contributed by atoms with E-state index in [0.29, 0.717) is 24.6 Å². The Kier molecular flexibility index (Phi) is 5.95. The number of aryl methyl sites for hydroxylation is 1. The molecule has 0 fully saturated rings. The standard InChI is InChI=1S/C13H22N2O4/c1-4-13(5-2,18-3)12-14-10(19-15-12)8-6-7-9-11(16)17/h4-9H2,1-3H3,(H,16,17). The van der Waals surface area contributed by atoms with Crippen molar-refractivity contribution >= 4 is 5.97 Å². The highest BCUT2D eigenvalue weighted by Crippen LogP contribution is 2.30. The highest BCUT2D eigenvalue weighted by molar-refractivity contribution is 5.66. The van der Waals surface area contributed by atoms with E-state index < -0.39 is 11.6 Å². The SMILES string of the molecule is CCC(CC)(OC)c1noc(CCCCC(=O)O)n1. The first kappa shape index (κ1) is 15.6. The van der Waals surface area contributed by atoms with Crippen LogP contribution in [0, 0.1) is 0 Å². The lowest BCUT2D eigenvalue weighted by Gasteiger charge is -2.25. The maximum atomic E-state index is 10.4. The van der Waals surface area contributed by atoms with Crippen molar-refractivity contribution in [2.24, 2.45) is 0 Å². The second kappa shape index (κ2) is 7.23. The number of aromatic nitrogens is 2. The van der Waals surface area contributed by atoms with Crippen LogP contribution in [-0.2, 0) is 21.6 Å².